The maximum atomic E-state index is 13.0. The Hall–Kier alpha value is -3.10. The molecule has 4 rings (SSSR count). The van der Waals surface area contributed by atoms with Gasteiger partial charge < -0.3 is 5.32 Å². The van der Waals surface area contributed by atoms with Crippen molar-refractivity contribution >= 4 is 43.0 Å². The number of carbonyl (C=O) groups excluding carboxylic acids is 1. The standard InChI is InChI=1S/C23H19FN2O3S2/c24-17-7-11-19(12-8-17)31(28,29)14-13-22(27)25-18-9-5-16(6-10-18)15-23-26-20-3-1-2-4-21(20)30-23/h1-12H,13-15H2,(H,25,27). The molecule has 0 unspecified atom stereocenters. The minimum absolute atomic E-state index is 0.000834. The lowest BCUT2D eigenvalue weighted by molar-refractivity contribution is -0.115. The second-order valence-electron chi connectivity index (χ2n) is 7.02. The number of fused-ring (bicyclic) bond motifs is 1. The number of anilines is 1. The minimum Gasteiger partial charge on any atom is -0.326 e. The van der Waals surface area contributed by atoms with Gasteiger partial charge >= 0.3 is 0 Å². The van der Waals surface area contributed by atoms with Gasteiger partial charge in [-0.25, -0.2) is 17.8 Å². The molecule has 5 nitrogen and oxygen atoms in total. The van der Waals surface area contributed by atoms with Gasteiger partial charge in [0.2, 0.25) is 5.91 Å². The van der Waals surface area contributed by atoms with Gasteiger partial charge in [0.05, 0.1) is 25.9 Å². The number of nitrogens with zero attached hydrogens (tertiary/aromatic N) is 1. The first-order chi connectivity index (χ1) is 14.9. The quantitative estimate of drug-likeness (QED) is 0.406. The van der Waals surface area contributed by atoms with Crippen LogP contribution in [0.25, 0.3) is 10.2 Å². The number of benzene rings is 3. The lowest BCUT2D eigenvalue weighted by Gasteiger charge is -2.07. The number of rotatable bonds is 7. The largest absolute Gasteiger partial charge is 0.326 e. The average molecular weight is 455 g/mol. The van der Waals surface area contributed by atoms with Gasteiger partial charge in [-0.05, 0) is 54.1 Å². The first-order valence-electron chi connectivity index (χ1n) is 9.61. The van der Waals surface area contributed by atoms with E-state index in [1.165, 1.54) is 12.1 Å². The van der Waals surface area contributed by atoms with E-state index in [4.69, 9.17) is 0 Å². The maximum Gasteiger partial charge on any atom is 0.225 e. The summed E-state index contributed by atoms with van der Waals surface area (Å²) in [6.07, 6.45) is 0.511. The van der Waals surface area contributed by atoms with Crippen LogP contribution in [0.15, 0.2) is 77.7 Å². The van der Waals surface area contributed by atoms with Crippen molar-refractivity contribution in [1.29, 1.82) is 0 Å². The summed E-state index contributed by atoms with van der Waals surface area (Å²) in [5.41, 5.74) is 2.65. The first kappa shape index (κ1) is 21.1. The highest BCUT2D eigenvalue weighted by Gasteiger charge is 2.16. The van der Waals surface area contributed by atoms with Crippen LogP contribution in [-0.2, 0) is 21.1 Å². The van der Waals surface area contributed by atoms with E-state index < -0.39 is 21.6 Å². The topological polar surface area (TPSA) is 76.1 Å². The van der Waals surface area contributed by atoms with Crippen molar-refractivity contribution in [3.8, 4) is 0 Å². The Kier molecular flexibility index (Phi) is 6.11. The Bertz CT molecular complexity index is 1280. The number of amides is 1. The van der Waals surface area contributed by atoms with Crippen LogP contribution in [0.4, 0.5) is 10.1 Å². The van der Waals surface area contributed by atoms with Gasteiger partial charge in [0.25, 0.3) is 0 Å². The fourth-order valence-electron chi connectivity index (χ4n) is 3.09. The van der Waals surface area contributed by atoms with Crippen LogP contribution in [0.5, 0.6) is 0 Å². The molecule has 158 valence electrons. The second kappa shape index (κ2) is 8.95. The number of para-hydroxylation sites is 1. The predicted molar refractivity (Wildman–Crippen MR) is 121 cm³/mol. The Labute approximate surface area is 183 Å². The van der Waals surface area contributed by atoms with Crippen molar-refractivity contribution in [2.24, 2.45) is 0 Å². The predicted octanol–water partition coefficient (Wildman–Crippen LogP) is 4.83. The third kappa shape index (κ3) is 5.34. The molecule has 0 atom stereocenters. The highest BCUT2D eigenvalue weighted by atomic mass is 32.2. The molecule has 0 spiro atoms. The monoisotopic (exact) mass is 454 g/mol. The number of hydrogen-bond acceptors (Lipinski definition) is 5. The molecule has 0 bridgehead atoms. The van der Waals surface area contributed by atoms with Crippen molar-refractivity contribution in [3.05, 3.63) is 89.2 Å². The first-order valence-corrected chi connectivity index (χ1v) is 12.1. The summed E-state index contributed by atoms with van der Waals surface area (Å²) in [5.74, 6) is -1.26. The van der Waals surface area contributed by atoms with Gasteiger partial charge in [-0.2, -0.15) is 0 Å². The zero-order valence-electron chi connectivity index (χ0n) is 16.4. The van der Waals surface area contributed by atoms with Gasteiger partial charge in [-0.15, -0.1) is 11.3 Å². The third-order valence-corrected chi connectivity index (χ3v) is 7.47. The van der Waals surface area contributed by atoms with Crippen molar-refractivity contribution < 1.29 is 17.6 Å². The lowest BCUT2D eigenvalue weighted by Crippen LogP contribution is -2.17. The Morgan fingerprint density at radius 1 is 0.968 bits per heavy atom. The van der Waals surface area contributed by atoms with Crippen molar-refractivity contribution in [2.45, 2.75) is 17.7 Å². The van der Waals surface area contributed by atoms with Crippen LogP contribution < -0.4 is 5.32 Å². The fraction of sp³-hybridized carbons (Fsp3) is 0.130. The highest BCUT2D eigenvalue weighted by Crippen LogP contribution is 2.24. The van der Waals surface area contributed by atoms with Crippen LogP contribution in [0.2, 0.25) is 0 Å². The number of halogens is 1. The summed E-state index contributed by atoms with van der Waals surface area (Å²) in [6.45, 7) is 0. The van der Waals surface area contributed by atoms with Crippen molar-refractivity contribution in [1.82, 2.24) is 4.98 Å². The van der Waals surface area contributed by atoms with Gasteiger partial charge in [0.15, 0.2) is 9.84 Å². The summed E-state index contributed by atoms with van der Waals surface area (Å²) in [4.78, 5) is 16.8. The molecule has 1 amide bonds. The van der Waals surface area contributed by atoms with Crippen LogP contribution in [0, 0.1) is 5.82 Å². The van der Waals surface area contributed by atoms with E-state index in [2.05, 4.69) is 10.3 Å². The molecular formula is C23H19FN2O3S2. The molecule has 0 saturated carbocycles. The molecule has 4 aromatic rings. The van der Waals surface area contributed by atoms with Crippen LogP contribution in [0.3, 0.4) is 0 Å². The molecule has 1 N–H and O–H groups in total. The van der Waals surface area contributed by atoms with Crippen molar-refractivity contribution in [2.75, 3.05) is 11.1 Å². The lowest BCUT2D eigenvalue weighted by atomic mass is 10.1. The second-order valence-corrected chi connectivity index (χ2v) is 10.2. The van der Waals surface area contributed by atoms with Gasteiger partial charge in [-0.3, -0.25) is 4.79 Å². The number of nitrogens with one attached hydrogen (secondary N) is 1. The van der Waals surface area contributed by atoms with E-state index in [-0.39, 0.29) is 17.1 Å². The Morgan fingerprint density at radius 3 is 2.39 bits per heavy atom. The van der Waals surface area contributed by atoms with Crippen LogP contribution in [-0.4, -0.2) is 25.1 Å². The van der Waals surface area contributed by atoms with Gasteiger partial charge in [-0.1, -0.05) is 24.3 Å². The molecule has 8 heteroatoms. The number of sulfone groups is 1. The third-order valence-electron chi connectivity index (χ3n) is 4.70. The smallest absolute Gasteiger partial charge is 0.225 e. The fourth-order valence-corrected chi connectivity index (χ4v) is 5.33. The molecule has 0 fully saturated rings. The molecule has 0 aliphatic heterocycles. The summed E-state index contributed by atoms with van der Waals surface area (Å²) in [6, 6.07) is 20.0. The molecule has 3 aromatic carbocycles. The zero-order valence-corrected chi connectivity index (χ0v) is 18.0. The average Bonchev–Trinajstić information content (AvgIpc) is 3.16. The van der Waals surface area contributed by atoms with E-state index >= 15 is 0 Å². The van der Waals surface area contributed by atoms with E-state index in [0.29, 0.717) is 12.1 Å². The summed E-state index contributed by atoms with van der Waals surface area (Å²) in [5, 5.41) is 3.73. The van der Waals surface area contributed by atoms with Crippen molar-refractivity contribution in [3.63, 3.8) is 0 Å². The molecule has 1 aromatic heterocycles. The van der Waals surface area contributed by atoms with E-state index in [1.54, 1.807) is 23.5 Å². The highest BCUT2D eigenvalue weighted by molar-refractivity contribution is 7.91. The van der Waals surface area contributed by atoms with E-state index in [1.807, 2.05) is 36.4 Å². The Balaban J connectivity index is 1.33. The number of carbonyl (C=O) groups is 1. The molecule has 31 heavy (non-hydrogen) atoms. The maximum absolute atomic E-state index is 13.0. The van der Waals surface area contributed by atoms with Gasteiger partial charge in [0.1, 0.15) is 5.82 Å². The number of thiazole rings is 1. The number of hydrogen-bond donors (Lipinski definition) is 1. The van der Waals surface area contributed by atoms with Gasteiger partial charge in [0, 0.05) is 18.5 Å². The summed E-state index contributed by atoms with van der Waals surface area (Å²) >= 11 is 1.66. The van der Waals surface area contributed by atoms with Crippen LogP contribution >= 0.6 is 11.3 Å². The normalized spacial score (nSPS) is 11.5. The summed E-state index contributed by atoms with van der Waals surface area (Å²) in [7, 11) is -3.65. The molecule has 0 aliphatic carbocycles. The van der Waals surface area contributed by atoms with E-state index in [9.17, 15) is 17.6 Å². The Morgan fingerprint density at radius 2 is 1.68 bits per heavy atom. The minimum atomic E-state index is -3.65. The molecular weight excluding hydrogens is 435 g/mol. The molecule has 0 saturated heterocycles. The molecule has 0 radical (unpaired) electrons. The molecule has 0 aliphatic rings. The summed E-state index contributed by atoms with van der Waals surface area (Å²) < 4.78 is 38.7. The number of aromatic nitrogens is 1. The van der Waals surface area contributed by atoms with E-state index in [0.717, 1.165) is 32.9 Å². The van der Waals surface area contributed by atoms with Crippen LogP contribution in [0.1, 0.15) is 17.0 Å². The zero-order chi connectivity index (χ0) is 21.8. The SMILES string of the molecule is O=C(CCS(=O)(=O)c1ccc(F)cc1)Nc1ccc(Cc2nc3ccccc3s2)cc1. The molecule has 1 heterocycles.